The molecule has 82 valence electrons. The molecule has 1 rings (SSSR count). The van der Waals surface area contributed by atoms with E-state index in [-0.39, 0.29) is 0 Å². The van der Waals surface area contributed by atoms with Gasteiger partial charge in [0.25, 0.3) is 0 Å². The van der Waals surface area contributed by atoms with Gasteiger partial charge in [0.1, 0.15) is 0 Å². The van der Waals surface area contributed by atoms with E-state index in [9.17, 15) is 0 Å². The Kier molecular flexibility index (Phi) is 3.89. The van der Waals surface area contributed by atoms with Gasteiger partial charge in [-0.3, -0.25) is 4.99 Å². The van der Waals surface area contributed by atoms with Crippen molar-refractivity contribution in [3.8, 4) is 0 Å². The van der Waals surface area contributed by atoms with Crippen LogP contribution < -0.4 is 4.90 Å². The summed E-state index contributed by atoms with van der Waals surface area (Å²) in [6.45, 7) is 6.35. The van der Waals surface area contributed by atoms with Crippen LogP contribution in [0.25, 0.3) is 0 Å². The molecule has 0 atom stereocenters. The van der Waals surface area contributed by atoms with E-state index in [1.54, 1.807) is 0 Å². The Morgan fingerprint density at radius 1 is 1.27 bits per heavy atom. The molecule has 2 heteroatoms. The van der Waals surface area contributed by atoms with Crippen molar-refractivity contribution < 1.29 is 0 Å². The van der Waals surface area contributed by atoms with E-state index in [1.807, 2.05) is 27.2 Å². The Bertz CT molecular complexity index is 352. The summed E-state index contributed by atoms with van der Waals surface area (Å²) >= 11 is 0. The molecule has 0 aromatic heterocycles. The highest BCUT2D eigenvalue weighted by atomic mass is 15.1. The molecule has 0 heterocycles. The fourth-order valence-electron chi connectivity index (χ4n) is 1.51. The summed E-state index contributed by atoms with van der Waals surface area (Å²) in [4.78, 5) is 6.47. The zero-order valence-corrected chi connectivity index (χ0v) is 10.3. The Hall–Kier alpha value is -1.31. The summed E-state index contributed by atoms with van der Waals surface area (Å²) in [6, 6.07) is 6.46. The molecule has 0 spiro atoms. The van der Waals surface area contributed by atoms with E-state index >= 15 is 0 Å². The van der Waals surface area contributed by atoms with E-state index in [2.05, 4.69) is 41.9 Å². The fraction of sp³-hybridized carbons (Fsp3) is 0.462. The van der Waals surface area contributed by atoms with Crippen molar-refractivity contribution in [1.82, 2.24) is 0 Å². The molecule has 1 aromatic rings. The SMILES string of the molecule is C/C=N\c1ccc(C(C)C)cc1N(C)C. The van der Waals surface area contributed by atoms with Gasteiger partial charge in [0.15, 0.2) is 0 Å². The number of hydrogen-bond acceptors (Lipinski definition) is 2. The Morgan fingerprint density at radius 3 is 2.40 bits per heavy atom. The molecular weight excluding hydrogens is 184 g/mol. The van der Waals surface area contributed by atoms with Crippen molar-refractivity contribution in [2.45, 2.75) is 26.7 Å². The van der Waals surface area contributed by atoms with Crippen LogP contribution in [0.2, 0.25) is 0 Å². The highest BCUT2D eigenvalue weighted by Gasteiger charge is 2.06. The maximum absolute atomic E-state index is 4.36. The lowest BCUT2D eigenvalue weighted by atomic mass is 10.0. The summed E-state index contributed by atoms with van der Waals surface area (Å²) in [7, 11) is 4.10. The molecule has 0 aliphatic carbocycles. The lowest BCUT2D eigenvalue weighted by molar-refractivity contribution is 0.865. The maximum Gasteiger partial charge on any atom is 0.0858 e. The normalized spacial score (nSPS) is 11.3. The van der Waals surface area contributed by atoms with Gasteiger partial charge in [-0.1, -0.05) is 19.9 Å². The maximum atomic E-state index is 4.36. The van der Waals surface area contributed by atoms with Gasteiger partial charge >= 0.3 is 0 Å². The average molecular weight is 204 g/mol. The van der Waals surface area contributed by atoms with E-state index < -0.39 is 0 Å². The van der Waals surface area contributed by atoms with Crippen LogP contribution >= 0.6 is 0 Å². The van der Waals surface area contributed by atoms with Gasteiger partial charge in [-0.15, -0.1) is 0 Å². The molecule has 0 unspecified atom stereocenters. The highest BCUT2D eigenvalue weighted by Crippen LogP contribution is 2.30. The quantitative estimate of drug-likeness (QED) is 0.687. The summed E-state index contributed by atoms with van der Waals surface area (Å²) in [5.74, 6) is 0.559. The lowest BCUT2D eigenvalue weighted by Crippen LogP contribution is -2.09. The van der Waals surface area contributed by atoms with E-state index in [0.29, 0.717) is 5.92 Å². The molecule has 0 bridgehead atoms. The second-order valence-corrected chi connectivity index (χ2v) is 4.18. The first-order valence-electron chi connectivity index (χ1n) is 5.36. The monoisotopic (exact) mass is 204 g/mol. The standard InChI is InChI=1S/C13H20N2/c1-6-14-12-8-7-11(10(2)3)9-13(12)15(4)5/h6-10H,1-5H3/b14-6-. The molecule has 0 saturated heterocycles. The van der Waals surface area contributed by atoms with Gasteiger partial charge in [0.05, 0.1) is 11.4 Å². The van der Waals surface area contributed by atoms with Crippen LogP contribution in [0.15, 0.2) is 23.2 Å². The first-order chi connectivity index (χ1) is 7.06. The van der Waals surface area contributed by atoms with Crippen LogP contribution in [0.5, 0.6) is 0 Å². The molecule has 1 aromatic carbocycles. The van der Waals surface area contributed by atoms with Gasteiger partial charge in [0.2, 0.25) is 0 Å². The van der Waals surface area contributed by atoms with Crippen molar-refractivity contribution in [2.24, 2.45) is 4.99 Å². The lowest BCUT2D eigenvalue weighted by Gasteiger charge is -2.17. The Labute approximate surface area is 92.6 Å². The molecule has 2 nitrogen and oxygen atoms in total. The number of aliphatic imine (C=N–C) groups is 1. The predicted molar refractivity (Wildman–Crippen MR) is 68.7 cm³/mol. The Balaban J connectivity index is 3.20. The van der Waals surface area contributed by atoms with E-state index in [0.717, 1.165) is 5.69 Å². The third kappa shape index (κ3) is 2.82. The van der Waals surface area contributed by atoms with Gasteiger partial charge in [-0.25, -0.2) is 0 Å². The minimum Gasteiger partial charge on any atom is -0.376 e. The largest absolute Gasteiger partial charge is 0.376 e. The summed E-state index contributed by atoms with van der Waals surface area (Å²) in [6.07, 6.45) is 1.83. The van der Waals surface area contributed by atoms with E-state index in [4.69, 9.17) is 0 Å². The topological polar surface area (TPSA) is 15.6 Å². The van der Waals surface area contributed by atoms with Crippen LogP contribution in [-0.4, -0.2) is 20.3 Å². The molecule has 0 fully saturated rings. The average Bonchev–Trinajstić information content (AvgIpc) is 2.18. The van der Waals surface area contributed by atoms with Crippen LogP contribution in [0.3, 0.4) is 0 Å². The molecule has 0 aliphatic heterocycles. The fourth-order valence-corrected chi connectivity index (χ4v) is 1.51. The Morgan fingerprint density at radius 2 is 1.93 bits per heavy atom. The van der Waals surface area contributed by atoms with Gasteiger partial charge in [0, 0.05) is 20.3 Å². The van der Waals surface area contributed by atoms with Crippen LogP contribution in [0.1, 0.15) is 32.3 Å². The number of hydrogen-bond donors (Lipinski definition) is 0. The van der Waals surface area contributed by atoms with Crippen molar-refractivity contribution >= 4 is 17.6 Å². The van der Waals surface area contributed by atoms with Crippen molar-refractivity contribution in [3.63, 3.8) is 0 Å². The van der Waals surface area contributed by atoms with Gasteiger partial charge in [-0.2, -0.15) is 0 Å². The number of nitrogens with zero attached hydrogens (tertiary/aromatic N) is 2. The number of benzene rings is 1. The molecule has 0 N–H and O–H groups in total. The zero-order chi connectivity index (χ0) is 11.4. The molecular formula is C13H20N2. The van der Waals surface area contributed by atoms with Crippen molar-refractivity contribution in [3.05, 3.63) is 23.8 Å². The van der Waals surface area contributed by atoms with Crippen molar-refractivity contribution in [2.75, 3.05) is 19.0 Å². The summed E-state index contributed by atoms with van der Waals surface area (Å²) in [5.41, 5.74) is 3.57. The second-order valence-electron chi connectivity index (χ2n) is 4.18. The molecule has 0 saturated carbocycles. The van der Waals surface area contributed by atoms with Gasteiger partial charge < -0.3 is 4.90 Å². The van der Waals surface area contributed by atoms with Crippen LogP contribution in [0.4, 0.5) is 11.4 Å². The van der Waals surface area contributed by atoms with E-state index in [1.165, 1.54) is 11.3 Å². The first-order valence-corrected chi connectivity index (χ1v) is 5.36. The van der Waals surface area contributed by atoms with Crippen molar-refractivity contribution in [1.29, 1.82) is 0 Å². The number of anilines is 1. The third-order valence-corrected chi connectivity index (χ3v) is 2.42. The van der Waals surface area contributed by atoms with Crippen LogP contribution in [0, 0.1) is 0 Å². The molecule has 15 heavy (non-hydrogen) atoms. The third-order valence-electron chi connectivity index (χ3n) is 2.42. The summed E-state index contributed by atoms with van der Waals surface area (Å²) in [5, 5.41) is 0. The smallest absolute Gasteiger partial charge is 0.0858 e. The predicted octanol–water partition coefficient (Wildman–Crippen LogP) is 3.60. The minimum atomic E-state index is 0.559. The second kappa shape index (κ2) is 4.96. The minimum absolute atomic E-state index is 0.559. The molecule has 0 radical (unpaired) electrons. The zero-order valence-electron chi connectivity index (χ0n) is 10.3. The molecule has 0 aliphatic rings. The van der Waals surface area contributed by atoms with Gasteiger partial charge in [-0.05, 0) is 30.5 Å². The molecule has 0 amide bonds. The van der Waals surface area contributed by atoms with Crippen LogP contribution in [-0.2, 0) is 0 Å². The highest BCUT2D eigenvalue weighted by molar-refractivity contribution is 5.72. The first kappa shape index (κ1) is 11.8. The number of rotatable bonds is 3. The summed E-state index contributed by atoms with van der Waals surface area (Å²) < 4.78 is 0.